The van der Waals surface area contributed by atoms with E-state index in [1.54, 1.807) is 49.7 Å². The Hall–Kier alpha value is -2.98. The van der Waals surface area contributed by atoms with Gasteiger partial charge in [-0.1, -0.05) is 12.1 Å². The van der Waals surface area contributed by atoms with Gasteiger partial charge in [0.15, 0.2) is 5.11 Å². The third-order valence-corrected chi connectivity index (χ3v) is 5.05. The molecule has 6 nitrogen and oxygen atoms in total. The maximum absolute atomic E-state index is 12.3. The number of thiocarbonyl (C=S) groups is 1. The number of halogens is 1. The average molecular weight is 531 g/mol. The number of nitrogens with zero attached hydrogens (tertiary/aromatic N) is 1. The van der Waals surface area contributed by atoms with Gasteiger partial charge in [-0.05, 0) is 101 Å². The van der Waals surface area contributed by atoms with E-state index in [0.717, 1.165) is 20.6 Å². The van der Waals surface area contributed by atoms with Crippen LogP contribution in [0.1, 0.15) is 15.9 Å². The predicted molar refractivity (Wildman–Crippen MR) is 131 cm³/mol. The second-order valence-electron chi connectivity index (χ2n) is 5.99. The second-order valence-corrected chi connectivity index (χ2v) is 7.56. The molecule has 0 spiro atoms. The zero-order chi connectivity index (χ0) is 21.3. The van der Waals surface area contributed by atoms with Crippen LogP contribution in [0.25, 0.3) is 0 Å². The first kappa shape index (κ1) is 21.7. The first-order valence-corrected chi connectivity index (χ1v) is 10.3. The Balaban J connectivity index is 1.51. The van der Waals surface area contributed by atoms with Crippen LogP contribution in [0, 0.1) is 3.57 Å². The Morgan fingerprint density at radius 1 is 1.00 bits per heavy atom. The Kier molecular flexibility index (Phi) is 7.75. The third-order valence-electron chi connectivity index (χ3n) is 3.91. The van der Waals surface area contributed by atoms with Crippen molar-refractivity contribution in [3.63, 3.8) is 0 Å². The van der Waals surface area contributed by atoms with Crippen LogP contribution in [0.3, 0.4) is 0 Å². The summed E-state index contributed by atoms with van der Waals surface area (Å²) in [6, 6.07) is 21.7. The van der Waals surface area contributed by atoms with Gasteiger partial charge < -0.3 is 14.8 Å². The van der Waals surface area contributed by atoms with Gasteiger partial charge in [0.25, 0.3) is 0 Å². The average Bonchev–Trinajstić information content (AvgIpc) is 2.76. The molecule has 30 heavy (non-hydrogen) atoms. The van der Waals surface area contributed by atoms with E-state index in [2.05, 4.69) is 38.4 Å². The molecule has 0 aromatic heterocycles. The highest BCUT2D eigenvalue weighted by Gasteiger charge is 2.11. The van der Waals surface area contributed by atoms with Crippen LogP contribution in [0.15, 0.2) is 77.9 Å². The molecule has 0 bridgehead atoms. The number of hydrogen-bond acceptors (Lipinski definition) is 5. The van der Waals surface area contributed by atoms with E-state index in [1.807, 2.05) is 36.4 Å². The number of hydrogen-bond donors (Lipinski definition) is 2. The lowest BCUT2D eigenvalue weighted by Crippen LogP contribution is -2.23. The molecular weight excluding hydrogens is 513 g/mol. The van der Waals surface area contributed by atoms with Gasteiger partial charge in [-0.2, -0.15) is 5.10 Å². The van der Waals surface area contributed by atoms with Crippen LogP contribution in [0.2, 0.25) is 0 Å². The van der Waals surface area contributed by atoms with Crippen molar-refractivity contribution in [1.82, 2.24) is 5.43 Å². The lowest BCUT2D eigenvalue weighted by atomic mass is 10.2. The highest BCUT2D eigenvalue weighted by atomic mass is 127. The molecule has 0 saturated heterocycles. The van der Waals surface area contributed by atoms with Crippen molar-refractivity contribution >= 4 is 57.8 Å². The molecule has 2 N–H and O–H groups in total. The molecule has 0 atom stereocenters. The zero-order valence-electron chi connectivity index (χ0n) is 16.0. The molecule has 0 fully saturated rings. The van der Waals surface area contributed by atoms with Gasteiger partial charge in [-0.15, -0.1) is 0 Å². The van der Waals surface area contributed by atoms with Crippen LogP contribution in [-0.4, -0.2) is 24.4 Å². The Bertz CT molecular complexity index is 1050. The van der Waals surface area contributed by atoms with Crippen molar-refractivity contribution in [1.29, 1.82) is 0 Å². The zero-order valence-corrected chi connectivity index (χ0v) is 18.9. The van der Waals surface area contributed by atoms with Gasteiger partial charge >= 0.3 is 5.97 Å². The van der Waals surface area contributed by atoms with Crippen molar-refractivity contribution in [2.45, 2.75) is 0 Å². The summed E-state index contributed by atoms with van der Waals surface area (Å²) < 4.78 is 11.4. The first-order chi connectivity index (χ1) is 14.5. The van der Waals surface area contributed by atoms with Crippen LogP contribution in [-0.2, 0) is 0 Å². The first-order valence-electron chi connectivity index (χ1n) is 8.86. The van der Waals surface area contributed by atoms with Gasteiger partial charge in [0.2, 0.25) is 0 Å². The summed E-state index contributed by atoms with van der Waals surface area (Å²) >= 11 is 7.32. The number of rotatable bonds is 6. The normalized spacial score (nSPS) is 10.5. The summed E-state index contributed by atoms with van der Waals surface area (Å²) in [4.78, 5) is 12.3. The van der Waals surface area contributed by atoms with E-state index < -0.39 is 5.97 Å². The molecule has 3 aromatic carbocycles. The molecule has 152 valence electrons. The van der Waals surface area contributed by atoms with Crippen molar-refractivity contribution in [2.24, 2.45) is 5.10 Å². The number of methoxy groups -OCH3 is 1. The Morgan fingerprint density at radius 3 is 2.33 bits per heavy atom. The van der Waals surface area contributed by atoms with E-state index in [-0.39, 0.29) is 0 Å². The van der Waals surface area contributed by atoms with Gasteiger partial charge in [-0.25, -0.2) is 4.79 Å². The van der Waals surface area contributed by atoms with Gasteiger partial charge in [-0.3, -0.25) is 5.43 Å². The number of benzene rings is 3. The van der Waals surface area contributed by atoms with E-state index in [9.17, 15) is 4.79 Å². The van der Waals surface area contributed by atoms with Crippen LogP contribution in [0.5, 0.6) is 11.5 Å². The smallest absolute Gasteiger partial charge is 0.344 e. The molecule has 0 heterocycles. The number of carbonyl (C=O) groups is 1. The highest BCUT2D eigenvalue weighted by molar-refractivity contribution is 14.1. The summed E-state index contributed by atoms with van der Waals surface area (Å²) in [5, 5.41) is 7.49. The van der Waals surface area contributed by atoms with Crippen LogP contribution in [0.4, 0.5) is 5.69 Å². The molecule has 0 amide bonds. The molecule has 3 rings (SSSR count). The molecular formula is C22H18IN3O3S. The van der Waals surface area contributed by atoms with E-state index in [1.165, 1.54) is 0 Å². The monoisotopic (exact) mass is 531 g/mol. The molecule has 0 radical (unpaired) electrons. The maximum atomic E-state index is 12.3. The number of ether oxygens (including phenoxy) is 2. The predicted octanol–water partition coefficient (Wildman–Crippen LogP) is 4.84. The topological polar surface area (TPSA) is 71.9 Å². The van der Waals surface area contributed by atoms with Gasteiger partial charge in [0, 0.05) is 9.26 Å². The van der Waals surface area contributed by atoms with E-state index in [0.29, 0.717) is 16.4 Å². The summed E-state index contributed by atoms with van der Waals surface area (Å²) in [5.41, 5.74) is 4.93. The van der Waals surface area contributed by atoms with E-state index in [4.69, 9.17) is 21.7 Å². The summed E-state index contributed by atoms with van der Waals surface area (Å²) in [5.74, 6) is 0.838. The molecule has 0 unspecified atom stereocenters. The molecule has 0 aliphatic rings. The molecule has 0 aliphatic heterocycles. The van der Waals surface area contributed by atoms with Gasteiger partial charge in [0.05, 0.1) is 18.9 Å². The second kappa shape index (κ2) is 10.7. The molecule has 8 heteroatoms. The number of esters is 1. The molecule has 0 aliphatic carbocycles. The summed E-state index contributed by atoms with van der Waals surface area (Å²) in [6.45, 7) is 0. The molecule has 3 aromatic rings. The Labute approximate surface area is 193 Å². The maximum Gasteiger partial charge on any atom is 0.344 e. The van der Waals surface area contributed by atoms with Crippen molar-refractivity contribution in [3.8, 4) is 11.5 Å². The number of hydrazone groups is 1. The van der Waals surface area contributed by atoms with Crippen LogP contribution < -0.4 is 20.2 Å². The fraction of sp³-hybridized carbons (Fsp3) is 0.0455. The fourth-order valence-corrected chi connectivity index (χ4v) is 3.19. The van der Waals surface area contributed by atoms with Gasteiger partial charge in [0.1, 0.15) is 11.5 Å². The standard InChI is InChI=1S/C22H18IN3O3S/c1-28-17-12-8-16(9-13-17)25-22(30)26-24-14-15-6-10-18(11-7-15)29-21(27)19-4-2-3-5-20(19)23/h2-14H,1H3,(H2,25,26,30)/b24-14+. The SMILES string of the molecule is COc1ccc(NC(=S)N/N=C/c2ccc(OC(=O)c3ccccc3I)cc2)cc1. The van der Waals surface area contributed by atoms with E-state index >= 15 is 0 Å². The third kappa shape index (κ3) is 6.26. The minimum atomic E-state index is -0.391. The quantitative estimate of drug-likeness (QED) is 0.119. The Morgan fingerprint density at radius 2 is 1.67 bits per heavy atom. The summed E-state index contributed by atoms with van der Waals surface area (Å²) in [7, 11) is 1.61. The lowest BCUT2D eigenvalue weighted by Gasteiger charge is -2.08. The highest BCUT2D eigenvalue weighted by Crippen LogP contribution is 2.17. The number of nitrogens with one attached hydrogen (secondary N) is 2. The number of carbonyl (C=O) groups excluding carboxylic acids is 1. The van der Waals surface area contributed by atoms with Crippen molar-refractivity contribution in [3.05, 3.63) is 87.5 Å². The minimum Gasteiger partial charge on any atom is -0.497 e. The lowest BCUT2D eigenvalue weighted by molar-refractivity contribution is 0.0733. The largest absolute Gasteiger partial charge is 0.497 e. The fourth-order valence-electron chi connectivity index (χ4n) is 2.41. The number of anilines is 1. The molecule has 0 saturated carbocycles. The van der Waals surface area contributed by atoms with Crippen LogP contribution >= 0.6 is 34.8 Å². The van der Waals surface area contributed by atoms with Crippen molar-refractivity contribution in [2.75, 3.05) is 12.4 Å². The summed E-state index contributed by atoms with van der Waals surface area (Å²) in [6.07, 6.45) is 1.62. The minimum absolute atomic E-state index is 0.361. The van der Waals surface area contributed by atoms with Crippen molar-refractivity contribution < 1.29 is 14.3 Å².